The van der Waals surface area contributed by atoms with Crippen molar-refractivity contribution >= 4 is 34.8 Å². The number of aromatic amines is 1. The van der Waals surface area contributed by atoms with E-state index in [1.165, 1.54) is 12.1 Å². The van der Waals surface area contributed by atoms with E-state index >= 15 is 0 Å². The van der Waals surface area contributed by atoms with Crippen LogP contribution in [0, 0.1) is 0 Å². The van der Waals surface area contributed by atoms with Crippen LogP contribution in [0.2, 0.25) is 15.1 Å². The predicted octanol–water partition coefficient (Wildman–Crippen LogP) is 3.49. The van der Waals surface area contributed by atoms with Crippen LogP contribution in [-0.4, -0.2) is 10.1 Å². The maximum Gasteiger partial charge on any atom is 0.248 e. The molecule has 94 valence electrons. The van der Waals surface area contributed by atoms with Crippen LogP contribution in [0.1, 0.15) is 5.69 Å². The SMILES string of the molecule is O=c1ccc(-c2cc(Cl)c(Cl)cc2Cl)c(CO)[nH]1. The van der Waals surface area contributed by atoms with E-state index in [0.717, 1.165) is 0 Å². The lowest BCUT2D eigenvalue weighted by atomic mass is 10.0. The molecule has 0 amide bonds. The van der Waals surface area contributed by atoms with E-state index in [1.54, 1.807) is 12.1 Å². The monoisotopic (exact) mass is 303 g/mol. The first-order valence-electron chi connectivity index (χ1n) is 5.01. The molecular weight excluding hydrogens is 296 g/mol. The molecule has 0 radical (unpaired) electrons. The Labute approximate surface area is 118 Å². The molecule has 0 aliphatic heterocycles. The van der Waals surface area contributed by atoms with Crippen LogP contribution in [0.5, 0.6) is 0 Å². The second kappa shape index (κ2) is 5.33. The van der Waals surface area contributed by atoms with Gasteiger partial charge >= 0.3 is 0 Å². The van der Waals surface area contributed by atoms with Crippen molar-refractivity contribution < 1.29 is 5.11 Å². The molecule has 0 spiro atoms. The average Bonchev–Trinajstić information content (AvgIpc) is 2.34. The summed E-state index contributed by atoms with van der Waals surface area (Å²) >= 11 is 17.9. The molecule has 2 N–H and O–H groups in total. The summed E-state index contributed by atoms with van der Waals surface area (Å²) in [6.07, 6.45) is 0. The fourth-order valence-electron chi connectivity index (χ4n) is 1.62. The normalized spacial score (nSPS) is 10.7. The maximum atomic E-state index is 11.2. The van der Waals surface area contributed by atoms with Gasteiger partial charge in [-0.05, 0) is 18.2 Å². The first-order valence-corrected chi connectivity index (χ1v) is 6.14. The van der Waals surface area contributed by atoms with E-state index in [-0.39, 0.29) is 12.2 Å². The standard InChI is InChI=1S/C12H8Cl3NO2/c13-8-4-10(15)9(14)3-7(8)6-1-2-12(18)16-11(6)5-17/h1-4,17H,5H2,(H,16,18). The Balaban J connectivity index is 2.69. The summed E-state index contributed by atoms with van der Waals surface area (Å²) in [6.45, 7) is -0.304. The largest absolute Gasteiger partial charge is 0.390 e. The fourth-order valence-corrected chi connectivity index (χ4v) is 2.27. The molecule has 18 heavy (non-hydrogen) atoms. The van der Waals surface area contributed by atoms with E-state index in [2.05, 4.69) is 4.98 Å². The number of pyridine rings is 1. The summed E-state index contributed by atoms with van der Waals surface area (Å²) in [5.74, 6) is 0. The van der Waals surface area contributed by atoms with E-state index in [1.807, 2.05) is 0 Å². The van der Waals surface area contributed by atoms with Crippen LogP contribution < -0.4 is 5.56 Å². The molecule has 2 rings (SSSR count). The topological polar surface area (TPSA) is 53.1 Å². The van der Waals surface area contributed by atoms with Gasteiger partial charge in [0, 0.05) is 17.2 Å². The van der Waals surface area contributed by atoms with Crippen molar-refractivity contribution in [2.45, 2.75) is 6.61 Å². The number of H-pyrrole nitrogens is 1. The molecule has 0 unspecified atom stereocenters. The number of benzene rings is 1. The quantitative estimate of drug-likeness (QED) is 0.834. The van der Waals surface area contributed by atoms with E-state index in [0.29, 0.717) is 31.9 Å². The highest BCUT2D eigenvalue weighted by Gasteiger charge is 2.12. The van der Waals surface area contributed by atoms with Crippen molar-refractivity contribution in [1.29, 1.82) is 0 Å². The van der Waals surface area contributed by atoms with E-state index < -0.39 is 0 Å². The Morgan fingerprint density at radius 2 is 1.67 bits per heavy atom. The highest BCUT2D eigenvalue weighted by atomic mass is 35.5. The minimum absolute atomic E-state index is 0.293. The van der Waals surface area contributed by atoms with Crippen LogP contribution >= 0.6 is 34.8 Å². The number of nitrogens with one attached hydrogen (secondary N) is 1. The summed E-state index contributed by atoms with van der Waals surface area (Å²) in [6, 6.07) is 6.05. The molecule has 0 saturated carbocycles. The van der Waals surface area contributed by atoms with Gasteiger partial charge in [-0.15, -0.1) is 0 Å². The summed E-state index contributed by atoms with van der Waals surface area (Å²) < 4.78 is 0. The van der Waals surface area contributed by atoms with Gasteiger partial charge in [0.25, 0.3) is 0 Å². The Kier molecular flexibility index (Phi) is 3.97. The molecule has 1 aromatic heterocycles. The van der Waals surface area contributed by atoms with Crippen LogP contribution in [-0.2, 0) is 6.61 Å². The summed E-state index contributed by atoms with van der Waals surface area (Å²) in [5.41, 5.74) is 1.30. The third-order valence-electron chi connectivity index (χ3n) is 2.46. The van der Waals surface area contributed by atoms with Crippen molar-refractivity contribution in [3.63, 3.8) is 0 Å². The Morgan fingerprint density at radius 1 is 1.00 bits per heavy atom. The van der Waals surface area contributed by atoms with Gasteiger partial charge in [-0.2, -0.15) is 0 Å². The minimum atomic E-state index is -0.304. The lowest BCUT2D eigenvalue weighted by Crippen LogP contribution is -2.08. The van der Waals surface area contributed by atoms with Gasteiger partial charge in [0.2, 0.25) is 5.56 Å². The zero-order valence-electron chi connectivity index (χ0n) is 9.01. The van der Waals surface area contributed by atoms with E-state index in [4.69, 9.17) is 34.8 Å². The lowest BCUT2D eigenvalue weighted by molar-refractivity contribution is 0.277. The highest BCUT2D eigenvalue weighted by molar-refractivity contribution is 6.44. The summed E-state index contributed by atoms with van der Waals surface area (Å²) in [5, 5.41) is 10.3. The fraction of sp³-hybridized carbons (Fsp3) is 0.0833. The summed E-state index contributed by atoms with van der Waals surface area (Å²) in [7, 11) is 0. The maximum absolute atomic E-state index is 11.2. The molecule has 3 nitrogen and oxygen atoms in total. The van der Waals surface area contributed by atoms with Crippen molar-refractivity contribution in [1.82, 2.24) is 4.98 Å². The highest BCUT2D eigenvalue weighted by Crippen LogP contribution is 2.35. The van der Waals surface area contributed by atoms with Crippen LogP contribution in [0.4, 0.5) is 0 Å². The Bertz CT molecular complexity index is 652. The van der Waals surface area contributed by atoms with Gasteiger partial charge in [-0.25, -0.2) is 0 Å². The number of hydrogen-bond acceptors (Lipinski definition) is 2. The summed E-state index contributed by atoms with van der Waals surface area (Å²) in [4.78, 5) is 13.7. The molecule has 0 atom stereocenters. The van der Waals surface area contributed by atoms with Crippen molar-refractivity contribution in [3.05, 3.63) is 55.4 Å². The number of hydrogen-bond donors (Lipinski definition) is 2. The molecule has 0 aliphatic rings. The smallest absolute Gasteiger partial charge is 0.248 e. The van der Waals surface area contributed by atoms with Crippen LogP contribution in [0.25, 0.3) is 11.1 Å². The van der Waals surface area contributed by atoms with Gasteiger partial charge in [0.05, 0.1) is 27.4 Å². The molecule has 0 aliphatic carbocycles. The van der Waals surface area contributed by atoms with Crippen molar-refractivity contribution in [2.24, 2.45) is 0 Å². The number of aliphatic hydroxyl groups is 1. The van der Waals surface area contributed by atoms with Gasteiger partial charge in [-0.1, -0.05) is 34.8 Å². The average molecular weight is 305 g/mol. The molecule has 1 heterocycles. The Hall–Kier alpha value is -1.00. The third kappa shape index (κ3) is 2.54. The van der Waals surface area contributed by atoms with Crippen LogP contribution in [0.15, 0.2) is 29.1 Å². The molecule has 0 bridgehead atoms. The van der Waals surface area contributed by atoms with E-state index in [9.17, 15) is 9.90 Å². The van der Waals surface area contributed by atoms with Gasteiger partial charge in [0.15, 0.2) is 0 Å². The van der Waals surface area contributed by atoms with Gasteiger partial charge in [-0.3, -0.25) is 4.79 Å². The second-order valence-electron chi connectivity index (χ2n) is 3.62. The second-order valence-corrected chi connectivity index (χ2v) is 4.84. The molecule has 6 heteroatoms. The zero-order chi connectivity index (χ0) is 13.3. The number of rotatable bonds is 2. The zero-order valence-corrected chi connectivity index (χ0v) is 11.3. The van der Waals surface area contributed by atoms with Crippen molar-refractivity contribution in [2.75, 3.05) is 0 Å². The molecule has 0 fully saturated rings. The predicted molar refractivity (Wildman–Crippen MR) is 73.5 cm³/mol. The Morgan fingerprint density at radius 3 is 2.33 bits per heavy atom. The van der Waals surface area contributed by atoms with Gasteiger partial charge < -0.3 is 10.1 Å². The first-order chi connectivity index (χ1) is 8.52. The number of halogens is 3. The number of aromatic nitrogens is 1. The third-order valence-corrected chi connectivity index (χ3v) is 3.49. The minimum Gasteiger partial charge on any atom is -0.390 e. The number of aliphatic hydroxyl groups excluding tert-OH is 1. The molecule has 2 aromatic rings. The van der Waals surface area contributed by atoms with Crippen LogP contribution in [0.3, 0.4) is 0 Å². The van der Waals surface area contributed by atoms with Gasteiger partial charge in [0.1, 0.15) is 0 Å². The lowest BCUT2D eigenvalue weighted by Gasteiger charge is -2.10. The molecule has 0 saturated heterocycles. The molecular formula is C12H8Cl3NO2. The van der Waals surface area contributed by atoms with Crippen molar-refractivity contribution in [3.8, 4) is 11.1 Å². The first kappa shape index (κ1) is 13.4. The molecule has 1 aromatic carbocycles.